The molecule has 1 aliphatic rings. The maximum atomic E-state index is 11.9. The number of rotatable bonds is 0. The van der Waals surface area contributed by atoms with E-state index in [1.54, 1.807) is 14.1 Å². The second-order valence-corrected chi connectivity index (χ2v) is 2.89. The molecule has 0 spiro atoms. The summed E-state index contributed by atoms with van der Waals surface area (Å²) in [5.41, 5.74) is -0.817. The Balaban J connectivity index is 2.89. The zero-order valence-corrected chi connectivity index (χ0v) is 6.18. The predicted octanol–water partition coefficient (Wildman–Crippen LogP) is 1.51. The highest BCUT2D eigenvalue weighted by Gasteiger charge is 2.39. The van der Waals surface area contributed by atoms with Gasteiger partial charge in [-0.1, -0.05) is 0 Å². The van der Waals surface area contributed by atoms with Crippen LogP contribution in [0.3, 0.4) is 0 Å². The normalized spacial score (nSPS) is 22.1. The molecule has 0 N–H and O–H groups in total. The van der Waals surface area contributed by atoms with E-state index in [9.17, 15) is 13.2 Å². The van der Waals surface area contributed by atoms with Crippen molar-refractivity contribution in [1.82, 2.24) is 0 Å². The van der Waals surface area contributed by atoms with Crippen LogP contribution < -0.4 is 0 Å². The fraction of sp³-hybridized carbons (Fsp3) is 0.500. The number of nitrogens with zero attached hydrogens (tertiary/aromatic N) is 2. The second kappa shape index (κ2) is 2.07. The van der Waals surface area contributed by atoms with Crippen molar-refractivity contribution in [2.75, 3.05) is 14.1 Å². The van der Waals surface area contributed by atoms with Gasteiger partial charge in [-0.05, 0) is 0 Å². The SMILES string of the molecule is C[N+]1(C)C=NC(C(F)(F)F)=C1. The van der Waals surface area contributed by atoms with Crippen LogP contribution in [0.4, 0.5) is 13.2 Å². The molecule has 2 nitrogen and oxygen atoms in total. The number of allylic oxidation sites excluding steroid dienone is 1. The fourth-order valence-electron chi connectivity index (χ4n) is 0.739. The van der Waals surface area contributed by atoms with Gasteiger partial charge < -0.3 is 0 Å². The monoisotopic (exact) mass is 165 g/mol. The molecule has 0 amide bonds. The van der Waals surface area contributed by atoms with Crippen LogP contribution in [0.5, 0.6) is 0 Å². The first kappa shape index (κ1) is 8.26. The van der Waals surface area contributed by atoms with E-state index < -0.39 is 11.9 Å². The number of quaternary nitrogens is 1. The minimum atomic E-state index is -4.32. The summed E-state index contributed by atoms with van der Waals surface area (Å²) in [7, 11) is 3.23. The van der Waals surface area contributed by atoms with Crippen molar-refractivity contribution >= 4 is 6.34 Å². The number of hydrogen-bond acceptors (Lipinski definition) is 1. The van der Waals surface area contributed by atoms with Crippen LogP contribution in [0, 0.1) is 0 Å². The van der Waals surface area contributed by atoms with Gasteiger partial charge in [-0.3, -0.25) is 4.48 Å². The van der Waals surface area contributed by atoms with Crippen LogP contribution in [-0.4, -0.2) is 31.1 Å². The van der Waals surface area contributed by atoms with Crippen LogP contribution in [-0.2, 0) is 0 Å². The molecule has 0 aliphatic carbocycles. The second-order valence-electron chi connectivity index (χ2n) is 2.89. The summed E-state index contributed by atoms with van der Waals surface area (Å²) in [6, 6.07) is 0. The zero-order chi connectivity index (χ0) is 8.70. The minimum Gasteiger partial charge on any atom is -0.258 e. The van der Waals surface area contributed by atoms with Gasteiger partial charge in [0.05, 0.1) is 14.1 Å². The van der Waals surface area contributed by atoms with Gasteiger partial charge in [-0.15, -0.1) is 0 Å². The largest absolute Gasteiger partial charge is 0.438 e. The predicted molar refractivity (Wildman–Crippen MR) is 34.7 cm³/mol. The molecule has 1 aliphatic heterocycles. The van der Waals surface area contributed by atoms with Crippen LogP contribution in [0.15, 0.2) is 16.9 Å². The molecule has 0 saturated carbocycles. The lowest BCUT2D eigenvalue weighted by Gasteiger charge is -2.12. The molecular weight excluding hydrogens is 157 g/mol. The molecular formula is C6H8F3N2+. The molecule has 0 radical (unpaired) electrons. The molecule has 0 fully saturated rings. The van der Waals surface area contributed by atoms with Gasteiger partial charge in [0, 0.05) is 0 Å². The quantitative estimate of drug-likeness (QED) is 0.482. The maximum absolute atomic E-state index is 11.9. The molecule has 0 aromatic heterocycles. The first-order valence-corrected chi connectivity index (χ1v) is 3.00. The lowest BCUT2D eigenvalue weighted by atomic mass is 10.5. The van der Waals surface area contributed by atoms with E-state index in [0.717, 1.165) is 6.20 Å². The molecule has 0 unspecified atom stereocenters. The highest BCUT2D eigenvalue weighted by atomic mass is 19.4. The maximum Gasteiger partial charge on any atom is 0.438 e. The number of aliphatic imine (C=N–C) groups is 1. The molecule has 0 atom stereocenters. The Kier molecular flexibility index (Phi) is 1.56. The van der Waals surface area contributed by atoms with Gasteiger partial charge in [-0.2, -0.15) is 18.2 Å². The van der Waals surface area contributed by atoms with E-state index in [1.165, 1.54) is 6.34 Å². The van der Waals surface area contributed by atoms with E-state index in [1.807, 2.05) is 0 Å². The average Bonchev–Trinajstić information content (AvgIpc) is 2.07. The highest BCUT2D eigenvalue weighted by molar-refractivity contribution is 5.53. The summed E-state index contributed by atoms with van der Waals surface area (Å²) in [4.78, 5) is 3.24. The average molecular weight is 165 g/mol. The van der Waals surface area contributed by atoms with Crippen LogP contribution in [0.25, 0.3) is 0 Å². The molecule has 0 saturated heterocycles. The fourth-order valence-corrected chi connectivity index (χ4v) is 0.739. The zero-order valence-electron chi connectivity index (χ0n) is 6.18. The van der Waals surface area contributed by atoms with Crippen LogP contribution >= 0.6 is 0 Å². The summed E-state index contributed by atoms with van der Waals surface area (Å²) in [6.45, 7) is 0. The summed E-state index contributed by atoms with van der Waals surface area (Å²) in [5.74, 6) is 0. The Bertz CT molecular complexity index is 224. The lowest BCUT2D eigenvalue weighted by Crippen LogP contribution is -2.28. The van der Waals surface area contributed by atoms with Crippen molar-refractivity contribution in [3.8, 4) is 0 Å². The molecule has 1 heterocycles. The van der Waals surface area contributed by atoms with E-state index in [-0.39, 0.29) is 4.48 Å². The van der Waals surface area contributed by atoms with E-state index in [4.69, 9.17) is 0 Å². The van der Waals surface area contributed by atoms with Gasteiger partial charge >= 0.3 is 6.18 Å². The summed E-state index contributed by atoms with van der Waals surface area (Å²) in [5, 5.41) is 0. The third-order valence-electron chi connectivity index (χ3n) is 1.24. The summed E-state index contributed by atoms with van der Waals surface area (Å²) in [6.07, 6.45) is -2.02. The van der Waals surface area contributed by atoms with Crippen molar-refractivity contribution < 1.29 is 17.7 Å². The number of halogens is 3. The first-order chi connectivity index (χ1) is 4.81. The number of alkyl halides is 3. The van der Waals surface area contributed by atoms with E-state index in [0.29, 0.717) is 0 Å². The molecule has 0 aromatic rings. The Morgan fingerprint density at radius 1 is 1.36 bits per heavy atom. The van der Waals surface area contributed by atoms with Gasteiger partial charge in [0.25, 0.3) is 0 Å². The van der Waals surface area contributed by atoms with Gasteiger partial charge in [0.2, 0.25) is 5.70 Å². The van der Waals surface area contributed by atoms with Crippen LogP contribution in [0.2, 0.25) is 0 Å². The lowest BCUT2D eigenvalue weighted by molar-refractivity contribution is -0.732. The third-order valence-corrected chi connectivity index (χ3v) is 1.24. The highest BCUT2D eigenvalue weighted by Crippen LogP contribution is 2.29. The molecule has 0 bridgehead atoms. The van der Waals surface area contributed by atoms with E-state index >= 15 is 0 Å². The first-order valence-electron chi connectivity index (χ1n) is 3.00. The Morgan fingerprint density at radius 2 is 1.91 bits per heavy atom. The third kappa shape index (κ3) is 1.80. The molecule has 62 valence electrons. The van der Waals surface area contributed by atoms with Crippen molar-refractivity contribution in [2.24, 2.45) is 4.99 Å². The van der Waals surface area contributed by atoms with Gasteiger partial charge in [-0.25, -0.2) is 0 Å². The summed E-state index contributed by atoms with van der Waals surface area (Å²) >= 11 is 0. The Hall–Kier alpha value is -0.840. The van der Waals surface area contributed by atoms with Crippen LogP contribution in [0.1, 0.15) is 0 Å². The molecule has 5 heteroatoms. The smallest absolute Gasteiger partial charge is 0.258 e. The van der Waals surface area contributed by atoms with Crippen molar-refractivity contribution in [2.45, 2.75) is 6.18 Å². The standard InChI is InChI=1S/C6H8F3N2/c1-11(2)3-5(10-4-11)6(7,8)9/h3-4H,1-2H3/q+1. The van der Waals surface area contributed by atoms with E-state index in [2.05, 4.69) is 4.99 Å². The van der Waals surface area contributed by atoms with Gasteiger partial charge in [0.15, 0.2) is 6.34 Å². The molecule has 1 rings (SSSR count). The van der Waals surface area contributed by atoms with Crippen molar-refractivity contribution in [3.63, 3.8) is 0 Å². The number of hydrogen-bond donors (Lipinski definition) is 0. The van der Waals surface area contributed by atoms with Crippen molar-refractivity contribution in [1.29, 1.82) is 0 Å². The molecule has 0 aromatic carbocycles. The molecule has 11 heavy (non-hydrogen) atoms. The van der Waals surface area contributed by atoms with Gasteiger partial charge in [0.1, 0.15) is 6.20 Å². The Morgan fingerprint density at radius 3 is 2.09 bits per heavy atom. The Labute approximate surface area is 62.2 Å². The summed E-state index contributed by atoms with van der Waals surface area (Å²) < 4.78 is 35.8. The van der Waals surface area contributed by atoms with Crippen molar-refractivity contribution in [3.05, 3.63) is 11.9 Å². The minimum absolute atomic E-state index is 0.0504. The topological polar surface area (TPSA) is 12.4 Å².